The molecular weight excluding hydrogens is 344 g/mol. The van der Waals surface area contributed by atoms with E-state index in [1.807, 2.05) is 33.4 Å². The van der Waals surface area contributed by atoms with E-state index in [2.05, 4.69) is 19.1 Å². The van der Waals surface area contributed by atoms with Crippen LogP contribution in [0.1, 0.15) is 40.9 Å². The largest absolute Gasteiger partial charge is 0.338 e. The van der Waals surface area contributed by atoms with Gasteiger partial charge < -0.3 is 9.80 Å². The van der Waals surface area contributed by atoms with Gasteiger partial charge in [0, 0.05) is 47.9 Å². The SMILES string of the molecule is Cc1scc(C(=O)N2CCC[C@H](N3CCCC3=O)C2)c1-c1ccccc1. The van der Waals surface area contributed by atoms with Crippen LogP contribution < -0.4 is 0 Å². The van der Waals surface area contributed by atoms with Crippen molar-refractivity contribution in [2.45, 2.75) is 38.6 Å². The predicted molar refractivity (Wildman–Crippen MR) is 104 cm³/mol. The number of rotatable bonds is 3. The second-order valence-corrected chi connectivity index (χ2v) is 8.27. The molecular formula is C21H24N2O2S. The minimum absolute atomic E-state index is 0.101. The van der Waals surface area contributed by atoms with Crippen molar-refractivity contribution in [1.29, 1.82) is 0 Å². The van der Waals surface area contributed by atoms with E-state index in [0.717, 1.165) is 49.0 Å². The molecule has 2 aliphatic heterocycles. The average Bonchev–Trinajstić information content (AvgIpc) is 3.27. The summed E-state index contributed by atoms with van der Waals surface area (Å²) in [7, 11) is 0. The maximum Gasteiger partial charge on any atom is 0.255 e. The van der Waals surface area contributed by atoms with Gasteiger partial charge in [-0.05, 0) is 31.7 Å². The van der Waals surface area contributed by atoms with E-state index >= 15 is 0 Å². The molecule has 2 saturated heterocycles. The molecule has 136 valence electrons. The minimum atomic E-state index is 0.101. The molecule has 3 heterocycles. The third-order valence-corrected chi connectivity index (χ3v) is 6.41. The summed E-state index contributed by atoms with van der Waals surface area (Å²) in [6.07, 6.45) is 3.57. The minimum Gasteiger partial charge on any atom is -0.338 e. The van der Waals surface area contributed by atoms with Crippen LogP contribution in [0.3, 0.4) is 0 Å². The lowest BCUT2D eigenvalue weighted by Gasteiger charge is -2.37. The number of carbonyl (C=O) groups excluding carboxylic acids is 2. The van der Waals surface area contributed by atoms with Gasteiger partial charge in [-0.25, -0.2) is 0 Å². The Balaban J connectivity index is 1.57. The number of benzene rings is 1. The van der Waals surface area contributed by atoms with Gasteiger partial charge in [0.2, 0.25) is 5.91 Å². The van der Waals surface area contributed by atoms with E-state index in [4.69, 9.17) is 0 Å². The molecule has 1 aromatic carbocycles. The number of amides is 2. The first-order chi connectivity index (χ1) is 12.6. The molecule has 0 unspecified atom stereocenters. The zero-order valence-corrected chi connectivity index (χ0v) is 15.9. The quantitative estimate of drug-likeness (QED) is 0.823. The van der Waals surface area contributed by atoms with E-state index in [9.17, 15) is 9.59 Å². The normalized spacial score (nSPS) is 20.7. The molecule has 2 amide bonds. The van der Waals surface area contributed by atoms with E-state index < -0.39 is 0 Å². The Morgan fingerprint density at radius 1 is 1.15 bits per heavy atom. The van der Waals surface area contributed by atoms with Crippen LogP contribution in [-0.4, -0.2) is 47.3 Å². The van der Waals surface area contributed by atoms with Crippen LogP contribution in [0, 0.1) is 6.92 Å². The molecule has 1 aromatic heterocycles. The standard InChI is InChI=1S/C21H24N2O2S/c1-15-20(16-7-3-2-4-8-16)18(14-26-15)21(25)22-11-5-9-17(13-22)23-12-6-10-19(23)24/h2-4,7-8,14,17H,5-6,9-13H2,1H3/t17-/m0/s1. The zero-order chi connectivity index (χ0) is 18.1. The summed E-state index contributed by atoms with van der Waals surface area (Å²) >= 11 is 1.63. The van der Waals surface area contributed by atoms with Crippen molar-refractivity contribution in [3.63, 3.8) is 0 Å². The number of piperidine rings is 1. The van der Waals surface area contributed by atoms with E-state index in [0.29, 0.717) is 13.0 Å². The summed E-state index contributed by atoms with van der Waals surface area (Å²) in [6.45, 7) is 4.36. The first-order valence-corrected chi connectivity index (χ1v) is 10.3. The number of hydrogen-bond acceptors (Lipinski definition) is 3. The van der Waals surface area contributed by atoms with Crippen LogP contribution in [-0.2, 0) is 4.79 Å². The molecule has 5 heteroatoms. The molecule has 1 atom stereocenters. The molecule has 0 spiro atoms. The molecule has 0 aliphatic carbocycles. The smallest absolute Gasteiger partial charge is 0.255 e. The molecule has 4 rings (SSSR count). The summed E-state index contributed by atoms with van der Waals surface area (Å²) in [5, 5.41) is 1.99. The molecule has 0 saturated carbocycles. The second kappa shape index (κ2) is 7.23. The lowest BCUT2D eigenvalue weighted by Crippen LogP contribution is -2.50. The van der Waals surface area contributed by atoms with Crippen molar-refractivity contribution in [3.05, 3.63) is 46.2 Å². The van der Waals surface area contributed by atoms with Gasteiger partial charge in [-0.2, -0.15) is 0 Å². The third kappa shape index (κ3) is 3.16. The highest BCUT2D eigenvalue weighted by molar-refractivity contribution is 7.10. The van der Waals surface area contributed by atoms with E-state index in [1.54, 1.807) is 11.3 Å². The van der Waals surface area contributed by atoms with Crippen LogP contribution in [0.5, 0.6) is 0 Å². The van der Waals surface area contributed by atoms with Gasteiger partial charge in [0.25, 0.3) is 5.91 Å². The van der Waals surface area contributed by atoms with Gasteiger partial charge in [0.1, 0.15) is 0 Å². The molecule has 4 nitrogen and oxygen atoms in total. The van der Waals surface area contributed by atoms with Crippen molar-refractivity contribution < 1.29 is 9.59 Å². The summed E-state index contributed by atoms with van der Waals surface area (Å²) in [6, 6.07) is 10.3. The van der Waals surface area contributed by atoms with Crippen molar-refractivity contribution in [2.75, 3.05) is 19.6 Å². The van der Waals surface area contributed by atoms with Crippen molar-refractivity contribution in [1.82, 2.24) is 9.80 Å². The van der Waals surface area contributed by atoms with Crippen LogP contribution in [0.4, 0.5) is 0 Å². The highest BCUT2D eigenvalue weighted by atomic mass is 32.1. The molecule has 26 heavy (non-hydrogen) atoms. The van der Waals surface area contributed by atoms with Crippen LogP contribution in [0.25, 0.3) is 11.1 Å². The number of hydrogen-bond donors (Lipinski definition) is 0. The highest BCUT2D eigenvalue weighted by Gasteiger charge is 2.33. The van der Waals surface area contributed by atoms with Crippen LogP contribution in [0.15, 0.2) is 35.7 Å². The van der Waals surface area contributed by atoms with Crippen LogP contribution in [0.2, 0.25) is 0 Å². The monoisotopic (exact) mass is 368 g/mol. The van der Waals surface area contributed by atoms with Crippen molar-refractivity contribution in [3.8, 4) is 11.1 Å². The number of nitrogens with zero attached hydrogens (tertiary/aromatic N) is 2. The van der Waals surface area contributed by atoms with E-state index in [-0.39, 0.29) is 17.9 Å². The van der Waals surface area contributed by atoms with Crippen molar-refractivity contribution >= 4 is 23.2 Å². The Bertz CT molecular complexity index is 815. The Kier molecular flexibility index (Phi) is 4.81. The van der Waals surface area contributed by atoms with Gasteiger partial charge >= 0.3 is 0 Å². The van der Waals surface area contributed by atoms with Gasteiger partial charge in [-0.1, -0.05) is 30.3 Å². The summed E-state index contributed by atoms with van der Waals surface area (Å²) in [5.74, 6) is 0.352. The Hall–Kier alpha value is -2.14. The van der Waals surface area contributed by atoms with Gasteiger partial charge in [-0.3, -0.25) is 9.59 Å². The van der Waals surface area contributed by atoms with Gasteiger partial charge in [-0.15, -0.1) is 11.3 Å². The maximum atomic E-state index is 13.3. The second-order valence-electron chi connectivity index (χ2n) is 7.18. The van der Waals surface area contributed by atoms with Crippen LogP contribution >= 0.6 is 11.3 Å². The predicted octanol–water partition coefficient (Wildman–Crippen LogP) is 3.95. The molecule has 2 fully saturated rings. The Morgan fingerprint density at radius 2 is 1.96 bits per heavy atom. The molecule has 2 aromatic rings. The topological polar surface area (TPSA) is 40.6 Å². The fourth-order valence-corrected chi connectivity index (χ4v) is 5.05. The molecule has 0 radical (unpaired) electrons. The number of likely N-dealkylation sites (tertiary alicyclic amines) is 2. The molecule has 0 bridgehead atoms. The fraction of sp³-hybridized carbons (Fsp3) is 0.429. The number of aryl methyl sites for hydroxylation is 1. The molecule has 2 aliphatic rings. The van der Waals surface area contributed by atoms with Gasteiger partial charge in [0.15, 0.2) is 0 Å². The first-order valence-electron chi connectivity index (χ1n) is 9.37. The van der Waals surface area contributed by atoms with E-state index in [1.165, 1.54) is 4.88 Å². The fourth-order valence-electron chi connectivity index (χ4n) is 4.19. The lowest BCUT2D eigenvalue weighted by molar-refractivity contribution is -0.130. The Labute approximate surface area is 158 Å². The summed E-state index contributed by atoms with van der Waals surface area (Å²) in [4.78, 5) is 30.5. The maximum absolute atomic E-state index is 13.3. The third-order valence-electron chi connectivity index (χ3n) is 5.50. The number of thiophene rings is 1. The molecule has 0 N–H and O–H groups in total. The first kappa shape index (κ1) is 17.3. The van der Waals surface area contributed by atoms with Crippen molar-refractivity contribution in [2.24, 2.45) is 0 Å². The summed E-state index contributed by atoms with van der Waals surface area (Å²) < 4.78 is 0. The lowest BCUT2D eigenvalue weighted by atomic mass is 9.99. The number of carbonyl (C=O) groups is 2. The zero-order valence-electron chi connectivity index (χ0n) is 15.1. The summed E-state index contributed by atoms with van der Waals surface area (Å²) in [5.41, 5.74) is 2.95. The van der Waals surface area contributed by atoms with Gasteiger partial charge in [0.05, 0.1) is 5.56 Å². The average molecular weight is 369 g/mol. The highest BCUT2D eigenvalue weighted by Crippen LogP contribution is 2.34. The Morgan fingerprint density at radius 3 is 2.69 bits per heavy atom.